The van der Waals surface area contributed by atoms with Crippen molar-refractivity contribution >= 4 is 29.2 Å². The highest BCUT2D eigenvalue weighted by Crippen LogP contribution is 2.28. The summed E-state index contributed by atoms with van der Waals surface area (Å²) < 4.78 is 0. The standard InChI is InChI=1S/C14H17Cl2N5/c15-11-4-3-10(6-12(11)16)13-18-14(20-19-13)21-5-1-2-9(7-17)8-21/h3-4,6,9H,1-2,5,7-8,17H2,(H,18,19,20). The number of rotatable bonds is 3. The fourth-order valence-corrected chi connectivity index (χ4v) is 2.90. The first-order valence-corrected chi connectivity index (χ1v) is 7.76. The Kier molecular flexibility index (Phi) is 4.33. The van der Waals surface area contributed by atoms with Crippen LogP contribution in [-0.4, -0.2) is 34.8 Å². The lowest BCUT2D eigenvalue weighted by molar-refractivity contribution is 0.420. The summed E-state index contributed by atoms with van der Waals surface area (Å²) in [7, 11) is 0. The van der Waals surface area contributed by atoms with E-state index >= 15 is 0 Å². The third-order valence-corrected chi connectivity index (χ3v) is 4.54. The molecule has 7 heteroatoms. The van der Waals surface area contributed by atoms with Gasteiger partial charge in [-0.15, -0.1) is 5.10 Å². The molecule has 0 bridgehead atoms. The topological polar surface area (TPSA) is 70.8 Å². The molecule has 0 saturated carbocycles. The Balaban J connectivity index is 1.81. The van der Waals surface area contributed by atoms with Crippen molar-refractivity contribution in [1.29, 1.82) is 0 Å². The zero-order chi connectivity index (χ0) is 14.8. The highest BCUT2D eigenvalue weighted by molar-refractivity contribution is 6.42. The normalized spacial score (nSPS) is 19.0. The van der Waals surface area contributed by atoms with E-state index in [0.29, 0.717) is 34.3 Å². The quantitative estimate of drug-likeness (QED) is 0.910. The molecule has 1 saturated heterocycles. The van der Waals surface area contributed by atoms with Crippen LogP contribution in [0.15, 0.2) is 18.2 Å². The van der Waals surface area contributed by atoms with Crippen LogP contribution in [0.1, 0.15) is 12.8 Å². The van der Waals surface area contributed by atoms with Gasteiger partial charge in [-0.05, 0) is 43.5 Å². The van der Waals surface area contributed by atoms with Gasteiger partial charge >= 0.3 is 0 Å². The van der Waals surface area contributed by atoms with Gasteiger partial charge in [0.15, 0.2) is 5.82 Å². The molecule has 2 heterocycles. The van der Waals surface area contributed by atoms with Gasteiger partial charge in [-0.1, -0.05) is 23.2 Å². The minimum Gasteiger partial charge on any atom is -0.339 e. The van der Waals surface area contributed by atoms with Crippen LogP contribution in [0.3, 0.4) is 0 Å². The van der Waals surface area contributed by atoms with Crippen molar-refractivity contribution in [3.63, 3.8) is 0 Å². The van der Waals surface area contributed by atoms with E-state index in [4.69, 9.17) is 28.9 Å². The van der Waals surface area contributed by atoms with Crippen molar-refractivity contribution in [3.8, 4) is 11.4 Å². The maximum Gasteiger partial charge on any atom is 0.245 e. The van der Waals surface area contributed by atoms with Crippen molar-refractivity contribution in [2.75, 3.05) is 24.5 Å². The number of nitrogens with two attached hydrogens (primary N) is 1. The molecule has 1 aliphatic heterocycles. The lowest BCUT2D eigenvalue weighted by atomic mass is 9.99. The molecule has 112 valence electrons. The number of benzene rings is 1. The average molecular weight is 326 g/mol. The van der Waals surface area contributed by atoms with Crippen LogP contribution in [0, 0.1) is 5.92 Å². The summed E-state index contributed by atoms with van der Waals surface area (Å²) in [5.41, 5.74) is 6.64. The smallest absolute Gasteiger partial charge is 0.245 e. The van der Waals surface area contributed by atoms with Crippen LogP contribution in [0.5, 0.6) is 0 Å². The van der Waals surface area contributed by atoms with Gasteiger partial charge in [-0.3, -0.25) is 5.10 Å². The number of aromatic nitrogens is 3. The van der Waals surface area contributed by atoms with Crippen molar-refractivity contribution in [1.82, 2.24) is 15.2 Å². The molecule has 2 aromatic rings. The second-order valence-electron chi connectivity index (χ2n) is 5.30. The second kappa shape index (κ2) is 6.22. The molecule has 1 unspecified atom stereocenters. The second-order valence-corrected chi connectivity index (χ2v) is 6.12. The van der Waals surface area contributed by atoms with Gasteiger partial charge in [0.1, 0.15) is 0 Å². The Labute approximate surface area is 133 Å². The van der Waals surface area contributed by atoms with Crippen LogP contribution >= 0.6 is 23.2 Å². The Bertz CT molecular complexity index is 628. The molecule has 0 radical (unpaired) electrons. The average Bonchev–Trinajstić information content (AvgIpc) is 3.00. The maximum atomic E-state index is 6.04. The molecule has 0 spiro atoms. The molecule has 1 atom stereocenters. The Morgan fingerprint density at radius 2 is 2.19 bits per heavy atom. The number of halogens is 2. The number of hydrogen-bond donors (Lipinski definition) is 2. The molecule has 5 nitrogen and oxygen atoms in total. The molecule has 0 aliphatic carbocycles. The van der Waals surface area contributed by atoms with Gasteiger partial charge in [0.2, 0.25) is 5.95 Å². The fraction of sp³-hybridized carbons (Fsp3) is 0.429. The zero-order valence-corrected chi connectivity index (χ0v) is 13.0. The number of aromatic amines is 1. The monoisotopic (exact) mass is 325 g/mol. The van der Waals surface area contributed by atoms with Crippen molar-refractivity contribution in [3.05, 3.63) is 28.2 Å². The molecule has 3 N–H and O–H groups in total. The first-order chi connectivity index (χ1) is 10.2. The van der Waals surface area contributed by atoms with Crippen LogP contribution in [0.4, 0.5) is 5.95 Å². The van der Waals surface area contributed by atoms with Gasteiger partial charge in [-0.2, -0.15) is 4.98 Å². The van der Waals surface area contributed by atoms with Gasteiger partial charge in [-0.25, -0.2) is 0 Å². The highest BCUT2D eigenvalue weighted by atomic mass is 35.5. The maximum absolute atomic E-state index is 6.04. The summed E-state index contributed by atoms with van der Waals surface area (Å²) >= 11 is 12.0. The predicted molar refractivity (Wildman–Crippen MR) is 85.8 cm³/mol. The van der Waals surface area contributed by atoms with E-state index in [1.165, 1.54) is 6.42 Å². The van der Waals surface area contributed by atoms with Gasteiger partial charge in [0.25, 0.3) is 0 Å². The Hall–Kier alpha value is -1.30. The van der Waals surface area contributed by atoms with Crippen LogP contribution in [-0.2, 0) is 0 Å². The zero-order valence-electron chi connectivity index (χ0n) is 11.5. The Morgan fingerprint density at radius 3 is 2.95 bits per heavy atom. The minimum atomic E-state index is 0.508. The summed E-state index contributed by atoms with van der Waals surface area (Å²) in [4.78, 5) is 6.74. The molecular formula is C14H17Cl2N5. The lowest BCUT2D eigenvalue weighted by Gasteiger charge is -2.31. The molecule has 21 heavy (non-hydrogen) atoms. The van der Waals surface area contributed by atoms with Gasteiger partial charge in [0.05, 0.1) is 10.0 Å². The SMILES string of the molecule is NCC1CCCN(c2n[nH]c(-c3ccc(Cl)c(Cl)c3)n2)C1. The number of H-pyrrole nitrogens is 1. The van der Waals surface area contributed by atoms with E-state index in [9.17, 15) is 0 Å². The van der Waals surface area contributed by atoms with E-state index in [1.54, 1.807) is 12.1 Å². The Morgan fingerprint density at radius 1 is 1.33 bits per heavy atom. The number of nitrogens with zero attached hydrogens (tertiary/aromatic N) is 3. The fourth-order valence-electron chi connectivity index (χ4n) is 2.61. The van der Waals surface area contributed by atoms with Crippen molar-refractivity contribution < 1.29 is 0 Å². The summed E-state index contributed by atoms with van der Waals surface area (Å²) in [6.45, 7) is 2.59. The summed E-state index contributed by atoms with van der Waals surface area (Å²) in [6.07, 6.45) is 2.30. The van der Waals surface area contributed by atoms with Crippen LogP contribution in [0.25, 0.3) is 11.4 Å². The molecule has 3 rings (SSSR count). The van der Waals surface area contributed by atoms with Crippen LogP contribution in [0.2, 0.25) is 10.0 Å². The van der Waals surface area contributed by atoms with Crippen molar-refractivity contribution in [2.24, 2.45) is 11.7 Å². The van der Waals surface area contributed by atoms with E-state index in [1.807, 2.05) is 6.07 Å². The first-order valence-electron chi connectivity index (χ1n) is 7.00. The van der Waals surface area contributed by atoms with E-state index in [-0.39, 0.29) is 0 Å². The summed E-state index contributed by atoms with van der Waals surface area (Å²) in [5, 5.41) is 8.31. The molecular weight excluding hydrogens is 309 g/mol. The van der Waals surface area contributed by atoms with E-state index < -0.39 is 0 Å². The minimum absolute atomic E-state index is 0.508. The number of anilines is 1. The predicted octanol–water partition coefficient (Wildman–Crippen LogP) is 2.95. The third kappa shape index (κ3) is 3.15. The number of nitrogens with one attached hydrogen (secondary N) is 1. The van der Waals surface area contributed by atoms with Gasteiger partial charge in [0, 0.05) is 18.7 Å². The number of hydrogen-bond acceptors (Lipinski definition) is 4. The summed E-state index contributed by atoms with van der Waals surface area (Å²) in [5.74, 6) is 1.93. The van der Waals surface area contributed by atoms with Crippen molar-refractivity contribution in [2.45, 2.75) is 12.8 Å². The summed E-state index contributed by atoms with van der Waals surface area (Å²) in [6, 6.07) is 5.41. The molecule has 1 aliphatic rings. The highest BCUT2D eigenvalue weighted by Gasteiger charge is 2.22. The lowest BCUT2D eigenvalue weighted by Crippen LogP contribution is -2.38. The number of piperidine rings is 1. The largest absolute Gasteiger partial charge is 0.339 e. The first kappa shape index (κ1) is 14.6. The third-order valence-electron chi connectivity index (χ3n) is 3.80. The van der Waals surface area contributed by atoms with Crippen LogP contribution < -0.4 is 10.6 Å². The molecule has 1 aromatic carbocycles. The molecule has 1 aromatic heterocycles. The molecule has 0 amide bonds. The van der Waals surface area contributed by atoms with E-state index in [0.717, 1.165) is 25.1 Å². The van der Waals surface area contributed by atoms with E-state index in [2.05, 4.69) is 20.1 Å². The molecule has 1 fully saturated rings. The van der Waals surface area contributed by atoms with Gasteiger partial charge < -0.3 is 10.6 Å².